The van der Waals surface area contributed by atoms with E-state index in [1.54, 1.807) is 54.7 Å². The molecular weight excluding hydrogens is 496 g/mol. The summed E-state index contributed by atoms with van der Waals surface area (Å²) < 4.78 is 29.3. The minimum Gasteiger partial charge on any atom is -0.317 e. The molecule has 0 fully saturated rings. The highest BCUT2D eigenvalue weighted by atomic mass is 32.2. The van der Waals surface area contributed by atoms with E-state index in [1.807, 2.05) is 32.9 Å². The topological polar surface area (TPSA) is 83.8 Å². The summed E-state index contributed by atoms with van der Waals surface area (Å²) in [5, 5.41) is 4.17. The molecule has 1 amide bonds. The van der Waals surface area contributed by atoms with Crippen LogP contribution in [0.2, 0.25) is 0 Å². The summed E-state index contributed by atoms with van der Waals surface area (Å²) in [7, 11) is -2.22. The molecule has 8 heteroatoms. The zero-order chi connectivity index (χ0) is 27.6. The normalized spacial score (nSPS) is 11.6. The zero-order valence-electron chi connectivity index (χ0n) is 22.5. The predicted octanol–water partition coefficient (Wildman–Crippen LogP) is 5.61. The first kappa shape index (κ1) is 26.9. The Hall–Kier alpha value is -4.17. The van der Waals surface area contributed by atoms with Crippen molar-refractivity contribution >= 4 is 27.8 Å². The molecule has 0 aliphatic heterocycles. The van der Waals surface area contributed by atoms with Gasteiger partial charge in [-0.3, -0.25) is 9.10 Å². The highest BCUT2D eigenvalue weighted by Crippen LogP contribution is 2.26. The lowest BCUT2D eigenvalue weighted by Crippen LogP contribution is -2.26. The molecule has 1 aromatic heterocycles. The van der Waals surface area contributed by atoms with Crippen LogP contribution >= 0.6 is 0 Å². The van der Waals surface area contributed by atoms with Gasteiger partial charge in [0.1, 0.15) is 0 Å². The van der Waals surface area contributed by atoms with Crippen molar-refractivity contribution in [3.8, 4) is 5.69 Å². The van der Waals surface area contributed by atoms with Crippen molar-refractivity contribution in [1.29, 1.82) is 0 Å². The predicted molar refractivity (Wildman–Crippen MR) is 153 cm³/mol. The Bertz CT molecular complexity index is 1600. The molecule has 0 saturated carbocycles. The van der Waals surface area contributed by atoms with E-state index in [9.17, 15) is 13.2 Å². The molecule has 0 radical (unpaired) electrons. The maximum absolute atomic E-state index is 12.9. The molecule has 0 spiro atoms. The van der Waals surface area contributed by atoms with Gasteiger partial charge in [0, 0.05) is 29.6 Å². The molecule has 0 saturated heterocycles. The lowest BCUT2D eigenvalue weighted by molar-refractivity contribution is 0.0955. The largest absolute Gasteiger partial charge is 0.317 e. The van der Waals surface area contributed by atoms with E-state index in [1.165, 1.54) is 22.5 Å². The first-order valence-electron chi connectivity index (χ1n) is 12.3. The highest BCUT2D eigenvalue weighted by Gasteiger charge is 2.21. The molecule has 0 aliphatic rings. The highest BCUT2D eigenvalue weighted by molar-refractivity contribution is 7.92. The van der Waals surface area contributed by atoms with E-state index in [-0.39, 0.29) is 10.8 Å². The van der Waals surface area contributed by atoms with E-state index in [2.05, 4.69) is 41.1 Å². The summed E-state index contributed by atoms with van der Waals surface area (Å²) in [4.78, 5) is 12.9. The van der Waals surface area contributed by atoms with Gasteiger partial charge >= 0.3 is 0 Å². The number of carbonyl (C=O) groups excluding carboxylic acids is 1. The summed E-state index contributed by atoms with van der Waals surface area (Å²) in [6.45, 7) is 10.2. The molecule has 38 heavy (non-hydrogen) atoms. The maximum Gasteiger partial charge on any atom is 0.271 e. The minimum atomic E-state index is -3.71. The van der Waals surface area contributed by atoms with Crippen LogP contribution in [0.4, 0.5) is 5.69 Å². The average molecular weight is 529 g/mol. The van der Waals surface area contributed by atoms with Crippen LogP contribution in [0, 0.1) is 34.6 Å². The fourth-order valence-electron chi connectivity index (χ4n) is 4.48. The van der Waals surface area contributed by atoms with Crippen LogP contribution in [0.3, 0.4) is 0 Å². The molecular formula is C30H32N4O3S. The molecule has 7 nitrogen and oxygen atoms in total. The molecule has 0 bridgehead atoms. The fourth-order valence-corrected chi connectivity index (χ4v) is 5.67. The smallest absolute Gasteiger partial charge is 0.271 e. The number of aryl methyl sites for hydroxylation is 4. The SMILES string of the molecule is Cc1ccc(S(=O)(=O)N(C)c2ccc(C(=O)N/N=C\c3cc(C)n(-c4c(C)cccc4C)c3C)cc2)cc1. The lowest BCUT2D eigenvalue weighted by atomic mass is 10.1. The van der Waals surface area contributed by atoms with E-state index in [0.29, 0.717) is 11.3 Å². The second kappa shape index (κ2) is 10.7. The van der Waals surface area contributed by atoms with E-state index in [0.717, 1.165) is 28.2 Å². The lowest BCUT2D eigenvalue weighted by Gasteiger charge is -2.19. The average Bonchev–Trinajstić information content (AvgIpc) is 3.16. The van der Waals surface area contributed by atoms with Crippen molar-refractivity contribution in [2.75, 3.05) is 11.4 Å². The summed E-state index contributed by atoms with van der Waals surface area (Å²) in [5.41, 5.74) is 10.9. The van der Waals surface area contributed by atoms with Crippen molar-refractivity contribution in [2.45, 2.75) is 39.5 Å². The number of carbonyl (C=O) groups is 1. The van der Waals surface area contributed by atoms with Crippen LogP contribution in [0.5, 0.6) is 0 Å². The van der Waals surface area contributed by atoms with Gasteiger partial charge in [-0.05, 0) is 88.2 Å². The van der Waals surface area contributed by atoms with Crippen LogP contribution < -0.4 is 9.73 Å². The molecule has 1 N–H and O–H groups in total. The number of anilines is 1. The Balaban J connectivity index is 1.47. The number of hydrogen-bond acceptors (Lipinski definition) is 4. The van der Waals surface area contributed by atoms with Crippen molar-refractivity contribution < 1.29 is 13.2 Å². The first-order chi connectivity index (χ1) is 18.0. The van der Waals surface area contributed by atoms with Crippen molar-refractivity contribution in [1.82, 2.24) is 9.99 Å². The second-order valence-corrected chi connectivity index (χ2v) is 11.4. The van der Waals surface area contributed by atoms with Gasteiger partial charge < -0.3 is 4.57 Å². The first-order valence-corrected chi connectivity index (χ1v) is 13.7. The van der Waals surface area contributed by atoms with Crippen molar-refractivity contribution in [3.05, 3.63) is 112 Å². The number of nitrogens with zero attached hydrogens (tertiary/aromatic N) is 3. The number of hydrogen-bond donors (Lipinski definition) is 1. The van der Waals surface area contributed by atoms with Gasteiger partial charge in [0.2, 0.25) is 0 Å². The number of aromatic nitrogens is 1. The number of rotatable bonds is 7. The summed E-state index contributed by atoms with van der Waals surface area (Å²) in [5.74, 6) is -0.389. The number of amides is 1. The van der Waals surface area contributed by atoms with Crippen LogP contribution in [0.1, 0.15) is 44.0 Å². The Morgan fingerprint density at radius 2 is 1.50 bits per heavy atom. The van der Waals surface area contributed by atoms with Crippen LogP contribution in [-0.4, -0.2) is 32.2 Å². The van der Waals surface area contributed by atoms with Crippen molar-refractivity contribution in [3.63, 3.8) is 0 Å². The monoisotopic (exact) mass is 528 g/mol. The number of para-hydroxylation sites is 1. The molecule has 4 aromatic rings. The van der Waals surface area contributed by atoms with E-state index in [4.69, 9.17) is 0 Å². The molecule has 1 heterocycles. The Labute approximate surface area is 224 Å². The van der Waals surface area contributed by atoms with Crippen LogP contribution in [0.25, 0.3) is 5.69 Å². The van der Waals surface area contributed by atoms with Gasteiger partial charge in [-0.15, -0.1) is 0 Å². The summed E-state index contributed by atoms with van der Waals surface area (Å²) in [6.07, 6.45) is 1.64. The van der Waals surface area contributed by atoms with Gasteiger partial charge in [0.25, 0.3) is 15.9 Å². The third-order valence-corrected chi connectivity index (χ3v) is 8.48. The maximum atomic E-state index is 12.9. The van der Waals surface area contributed by atoms with Crippen molar-refractivity contribution in [2.24, 2.45) is 5.10 Å². The molecule has 0 atom stereocenters. The zero-order valence-corrected chi connectivity index (χ0v) is 23.3. The van der Waals surface area contributed by atoms with Gasteiger partial charge in [-0.2, -0.15) is 5.10 Å². The molecule has 3 aromatic carbocycles. The quantitative estimate of drug-likeness (QED) is 0.250. The number of sulfonamides is 1. The van der Waals surface area contributed by atoms with Gasteiger partial charge in [0.15, 0.2) is 0 Å². The number of benzene rings is 3. The van der Waals surface area contributed by atoms with Crippen LogP contribution in [0.15, 0.2) is 82.8 Å². The van der Waals surface area contributed by atoms with E-state index >= 15 is 0 Å². The molecule has 0 aliphatic carbocycles. The Morgan fingerprint density at radius 1 is 0.895 bits per heavy atom. The fraction of sp³-hybridized carbons (Fsp3) is 0.200. The third-order valence-electron chi connectivity index (χ3n) is 6.68. The standard InChI is InChI=1S/C30H32N4O3S/c1-20-10-16-28(17-11-20)38(36,37)33(6)27-14-12-25(13-15-27)30(35)32-31-19-26-18-23(4)34(24(26)5)29-21(2)8-7-9-22(29)3/h7-19H,1-6H3,(H,32,35)/b31-19-. The Morgan fingerprint density at radius 3 is 2.11 bits per heavy atom. The van der Waals surface area contributed by atoms with E-state index < -0.39 is 10.0 Å². The summed E-state index contributed by atoms with van der Waals surface area (Å²) in [6, 6.07) is 21.3. The van der Waals surface area contributed by atoms with Crippen LogP contribution in [-0.2, 0) is 10.0 Å². The third kappa shape index (κ3) is 5.26. The number of hydrazone groups is 1. The number of nitrogens with one attached hydrogen (secondary N) is 1. The Kier molecular flexibility index (Phi) is 7.55. The minimum absolute atomic E-state index is 0.207. The van der Waals surface area contributed by atoms with Gasteiger partial charge in [-0.25, -0.2) is 13.8 Å². The molecule has 0 unspecified atom stereocenters. The molecule has 4 rings (SSSR count). The molecule has 196 valence electrons. The van der Waals surface area contributed by atoms with Gasteiger partial charge in [0.05, 0.1) is 22.5 Å². The van der Waals surface area contributed by atoms with Gasteiger partial charge in [-0.1, -0.05) is 35.9 Å². The summed E-state index contributed by atoms with van der Waals surface area (Å²) >= 11 is 0. The second-order valence-electron chi connectivity index (χ2n) is 9.43.